The van der Waals surface area contributed by atoms with E-state index < -0.39 is 15.8 Å². The average molecular weight is 480 g/mol. The number of aryl methyl sites for hydroxylation is 1. The summed E-state index contributed by atoms with van der Waals surface area (Å²) >= 11 is 0. The van der Waals surface area contributed by atoms with Crippen molar-refractivity contribution in [1.82, 2.24) is 4.72 Å². The van der Waals surface area contributed by atoms with E-state index in [1.54, 1.807) is 0 Å². The monoisotopic (exact) mass is 479 g/mol. The van der Waals surface area contributed by atoms with Gasteiger partial charge in [-0.3, -0.25) is 0 Å². The Balaban J connectivity index is 2.01. The van der Waals surface area contributed by atoms with Crippen LogP contribution in [-0.2, 0) is 16.4 Å². The molecule has 33 heavy (non-hydrogen) atoms. The highest BCUT2D eigenvalue weighted by atomic mass is 32.2. The standard InChI is InChI=1S/C26H38FNO4S/c1-7-25(3,4)31-22-15-12-20(24(19-22)32-26(5,6)8-2)11-9-10-18-28-33(29,30)23-16-13-21(27)14-17-23/h12-17,19,28H,7-11,18H2,1-6H3. The van der Waals surface area contributed by atoms with E-state index in [1.165, 1.54) is 12.1 Å². The second-order valence-electron chi connectivity index (χ2n) is 9.51. The van der Waals surface area contributed by atoms with Crippen LogP contribution < -0.4 is 14.2 Å². The maximum Gasteiger partial charge on any atom is 0.240 e. The SMILES string of the molecule is CCC(C)(C)Oc1ccc(CCCCNS(=O)(=O)c2ccc(F)cc2)c(OC(C)(C)CC)c1. The predicted molar refractivity (Wildman–Crippen MR) is 131 cm³/mol. The molecule has 184 valence electrons. The third-order valence-corrected chi connectivity index (χ3v) is 7.29. The molecule has 2 aromatic carbocycles. The fourth-order valence-electron chi connectivity index (χ4n) is 3.01. The fraction of sp³-hybridized carbons (Fsp3) is 0.538. The Labute approximate surface area is 198 Å². The minimum absolute atomic E-state index is 0.0620. The summed E-state index contributed by atoms with van der Waals surface area (Å²) in [5, 5.41) is 0. The summed E-state index contributed by atoms with van der Waals surface area (Å²) in [7, 11) is -3.64. The lowest BCUT2D eigenvalue weighted by Gasteiger charge is -2.29. The number of sulfonamides is 1. The number of benzene rings is 2. The molecule has 2 aromatic rings. The van der Waals surface area contributed by atoms with Crippen LogP contribution in [-0.4, -0.2) is 26.2 Å². The Bertz CT molecular complexity index is 1000. The van der Waals surface area contributed by atoms with E-state index in [0.29, 0.717) is 13.0 Å². The molecule has 0 unspecified atom stereocenters. The summed E-state index contributed by atoms with van der Waals surface area (Å²) in [4.78, 5) is 0.0620. The molecule has 0 radical (unpaired) electrons. The normalized spacial score (nSPS) is 12.6. The van der Waals surface area contributed by atoms with Crippen molar-refractivity contribution in [2.75, 3.05) is 6.54 Å². The van der Waals surface area contributed by atoms with Gasteiger partial charge in [-0.15, -0.1) is 0 Å². The Morgan fingerprint density at radius 3 is 2.09 bits per heavy atom. The first kappa shape index (κ1) is 27.1. The van der Waals surface area contributed by atoms with Gasteiger partial charge in [0.1, 0.15) is 28.5 Å². The Kier molecular flexibility index (Phi) is 9.32. The molecule has 1 N–H and O–H groups in total. The van der Waals surface area contributed by atoms with Gasteiger partial charge in [-0.25, -0.2) is 17.5 Å². The molecule has 0 aromatic heterocycles. The van der Waals surface area contributed by atoms with Crippen LogP contribution in [0, 0.1) is 5.82 Å². The quantitative estimate of drug-likeness (QED) is 0.344. The van der Waals surface area contributed by atoms with Gasteiger partial charge in [-0.05, 0) is 95.7 Å². The number of rotatable bonds is 13. The number of unbranched alkanes of at least 4 members (excludes halogenated alkanes) is 1. The summed E-state index contributed by atoms with van der Waals surface area (Å²) in [5.74, 6) is 1.12. The lowest BCUT2D eigenvalue weighted by molar-refractivity contribution is 0.0952. The van der Waals surface area contributed by atoms with Crippen LogP contribution in [0.15, 0.2) is 47.4 Å². The number of nitrogens with one attached hydrogen (secondary N) is 1. The molecule has 0 spiro atoms. The van der Waals surface area contributed by atoms with E-state index >= 15 is 0 Å². The summed E-state index contributed by atoms with van der Waals surface area (Å²) in [5.41, 5.74) is 0.499. The smallest absolute Gasteiger partial charge is 0.240 e. The van der Waals surface area contributed by atoms with Crippen LogP contribution in [0.4, 0.5) is 4.39 Å². The zero-order chi connectivity index (χ0) is 24.7. The van der Waals surface area contributed by atoms with Gasteiger partial charge in [0.05, 0.1) is 4.90 Å². The number of hydrogen-bond acceptors (Lipinski definition) is 4. The molecular weight excluding hydrogens is 441 g/mol. The van der Waals surface area contributed by atoms with Crippen molar-refractivity contribution in [2.45, 2.75) is 89.7 Å². The molecule has 0 aliphatic heterocycles. The van der Waals surface area contributed by atoms with Gasteiger partial charge >= 0.3 is 0 Å². The third kappa shape index (κ3) is 8.63. The summed E-state index contributed by atoms with van der Waals surface area (Å²) < 4.78 is 52.8. The number of ether oxygens (including phenoxy) is 2. The molecule has 0 atom stereocenters. The fourth-order valence-corrected chi connectivity index (χ4v) is 4.08. The largest absolute Gasteiger partial charge is 0.488 e. The van der Waals surface area contributed by atoms with Crippen molar-refractivity contribution in [3.8, 4) is 11.5 Å². The van der Waals surface area contributed by atoms with E-state index in [2.05, 4.69) is 46.3 Å². The molecule has 0 aliphatic rings. The van der Waals surface area contributed by atoms with E-state index in [9.17, 15) is 12.8 Å². The molecule has 0 bridgehead atoms. The molecule has 0 saturated carbocycles. The van der Waals surface area contributed by atoms with Crippen molar-refractivity contribution in [1.29, 1.82) is 0 Å². The summed E-state index contributed by atoms with van der Waals surface area (Å²) in [6.07, 6.45) is 3.96. The van der Waals surface area contributed by atoms with Gasteiger partial charge < -0.3 is 9.47 Å². The maximum atomic E-state index is 13.0. The van der Waals surface area contributed by atoms with Crippen LogP contribution in [0.25, 0.3) is 0 Å². The minimum atomic E-state index is -3.64. The third-order valence-electron chi connectivity index (χ3n) is 5.81. The van der Waals surface area contributed by atoms with Crippen molar-refractivity contribution < 1.29 is 22.3 Å². The molecule has 0 amide bonds. The van der Waals surface area contributed by atoms with Crippen LogP contribution in [0.2, 0.25) is 0 Å². The van der Waals surface area contributed by atoms with Gasteiger partial charge in [0, 0.05) is 12.6 Å². The van der Waals surface area contributed by atoms with E-state index in [-0.39, 0.29) is 16.1 Å². The van der Waals surface area contributed by atoms with Crippen molar-refractivity contribution >= 4 is 10.0 Å². The highest BCUT2D eigenvalue weighted by Crippen LogP contribution is 2.32. The number of halogens is 1. The van der Waals surface area contributed by atoms with Gasteiger partial charge in [-0.2, -0.15) is 0 Å². The molecule has 2 rings (SSSR count). The molecule has 0 aliphatic carbocycles. The van der Waals surface area contributed by atoms with E-state index in [1.807, 2.05) is 18.2 Å². The second-order valence-corrected chi connectivity index (χ2v) is 11.3. The zero-order valence-electron chi connectivity index (χ0n) is 20.7. The molecule has 0 saturated heterocycles. The van der Waals surface area contributed by atoms with Crippen molar-refractivity contribution in [3.05, 3.63) is 53.8 Å². The molecule has 0 heterocycles. The van der Waals surface area contributed by atoms with E-state index in [0.717, 1.165) is 54.9 Å². The topological polar surface area (TPSA) is 64.6 Å². The Morgan fingerprint density at radius 1 is 0.879 bits per heavy atom. The lowest BCUT2D eigenvalue weighted by atomic mass is 10.0. The zero-order valence-corrected chi connectivity index (χ0v) is 21.5. The van der Waals surface area contributed by atoms with Gasteiger partial charge in [0.25, 0.3) is 0 Å². The van der Waals surface area contributed by atoms with Gasteiger partial charge in [-0.1, -0.05) is 19.9 Å². The first-order chi connectivity index (χ1) is 15.4. The Hall–Kier alpha value is -2.12. The second kappa shape index (κ2) is 11.3. The van der Waals surface area contributed by atoms with Crippen LogP contribution in [0.3, 0.4) is 0 Å². The molecule has 7 heteroatoms. The van der Waals surface area contributed by atoms with Crippen LogP contribution in [0.1, 0.15) is 72.8 Å². The van der Waals surface area contributed by atoms with Gasteiger partial charge in [0.2, 0.25) is 10.0 Å². The number of hydrogen-bond donors (Lipinski definition) is 1. The first-order valence-electron chi connectivity index (χ1n) is 11.6. The summed E-state index contributed by atoms with van der Waals surface area (Å²) in [6.45, 7) is 12.7. The van der Waals surface area contributed by atoms with Gasteiger partial charge in [0.15, 0.2) is 0 Å². The van der Waals surface area contributed by atoms with Crippen LogP contribution >= 0.6 is 0 Å². The average Bonchev–Trinajstić information content (AvgIpc) is 2.74. The highest BCUT2D eigenvalue weighted by molar-refractivity contribution is 7.89. The highest BCUT2D eigenvalue weighted by Gasteiger charge is 2.22. The van der Waals surface area contributed by atoms with Crippen molar-refractivity contribution in [3.63, 3.8) is 0 Å². The molecule has 5 nitrogen and oxygen atoms in total. The molecular formula is C26H38FNO4S. The lowest BCUT2D eigenvalue weighted by Crippen LogP contribution is -2.28. The first-order valence-corrected chi connectivity index (χ1v) is 13.1. The minimum Gasteiger partial charge on any atom is -0.488 e. The van der Waals surface area contributed by atoms with Crippen LogP contribution in [0.5, 0.6) is 11.5 Å². The Morgan fingerprint density at radius 2 is 1.48 bits per heavy atom. The maximum absolute atomic E-state index is 13.0. The molecule has 0 fully saturated rings. The van der Waals surface area contributed by atoms with Crippen molar-refractivity contribution in [2.24, 2.45) is 0 Å². The van der Waals surface area contributed by atoms with E-state index in [4.69, 9.17) is 9.47 Å². The summed E-state index contributed by atoms with van der Waals surface area (Å²) in [6, 6.07) is 10.8. The predicted octanol–water partition coefficient (Wildman–Crippen LogP) is 6.26.